The first-order valence-electron chi connectivity index (χ1n) is 5.84. The molecule has 0 radical (unpaired) electrons. The average molecular weight is 228 g/mol. The van der Waals surface area contributed by atoms with E-state index in [4.69, 9.17) is 0 Å². The Labute approximate surface area is 101 Å². The van der Waals surface area contributed by atoms with Crippen LogP contribution < -0.4 is 0 Å². The minimum absolute atomic E-state index is 0.0988. The van der Waals surface area contributed by atoms with Crippen molar-refractivity contribution in [1.29, 1.82) is 0 Å². The van der Waals surface area contributed by atoms with E-state index in [2.05, 4.69) is 0 Å². The lowest BCUT2D eigenvalue weighted by atomic mass is 9.87. The van der Waals surface area contributed by atoms with Crippen LogP contribution in [0.4, 0.5) is 0 Å². The number of rotatable bonds is 3. The molecule has 2 rings (SSSR count). The Hall–Kier alpha value is -1.67. The Morgan fingerprint density at radius 2 is 2.06 bits per heavy atom. The molecule has 0 fully saturated rings. The Balaban J connectivity index is 1.96. The maximum absolute atomic E-state index is 11.0. The molecule has 1 aromatic carbocycles. The van der Waals surface area contributed by atoms with Crippen molar-refractivity contribution in [1.82, 2.24) is 0 Å². The van der Waals surface area contributed by atoms with Gasteiger partial charge in [-0.25, -0.2) is 0 Å². The van der Waals surface area contributed by atoms with Gasteiger partial charge in [0.05, 0.1) is 5.60 Å². The molecule has 0 bridgehead atoms. The Morgan fingerprint density at radius 3 is 2.71 bits per heavy atom. The summed E-state index contributed by atoms with van der Waals surface area (Å²) in [7, 11) is 0. The summed E-state index contributed by atoms with van der Waals surface area (Å²) in [5.41, 5.74) is 0.270. The highest BCUT2D eigenvalue weighted by Gasteiger charge is 2.26. The fourth-order valence-electron chi connectivity index (χ4n) is 1.89. The lowest BCUT2D eigenvalue weighted by molar-refractivity contribution is -0.116. The van der Waals surface area contributed by atoms with Gasteiger partial charge in [-0.3, -0.25) is 4.79 Å². The van der Waals surface area contributed by atoms with Crippen molar-refractivity contribution in [3.8, 4) is 0 Å². The fraction of sp³-hybridized carbons (Fsp3) is 0.267. The quantitative estimate of drug-likeness (QED) is 0.863. The first-order chi connectivity index (χ1) is 8.18. The minimum atomic E-state index is -0.848. The van der Waals surface area contributed by atoms with Crippen molar-refractivity contribution < 1.29 is 9.90 Å². The van der Waals surface area contributed by atoms with Gasteiger partial charge in [-0.2, -0.15) is 0 Å². The van der Waals surface area contributed by atoms with Gasteiger partial charge in [0.2, 0.25) is 0 Å². The Bertz CT molecular complexity index is 445. The molecule has 0 amide bonds. The third kappa shape index (κ3) is 3.40. The van der Waals surface area contributed by atoms with Crippen molar-refractivity contribution in [2.24, 2.45) is 0 Å². The number of benzene rings is 1. The summed E-state index contributed by atoms with van der Waals surface area (Å²) in [5.74, 6) is 0.0988. The van der Waals surface area contributed by atoms with Gasteiger partial charge < -0.3 is 5.11 Å². The molecule has 0 aliphatic heterocycles. The van der Waals surface area contributed by atoms with E-state index in [1.54, 1.807) is 6.08 Å². The minimum Gasteiger partial charge on any atom is -0.385 e. The number of aliphatic hydroxyl groups is 1. The second kappa shape index (κ2) is 5.11. The largest absolute Gasteiger partial charge is 0.385 e. The first-order valence-corrected chi connectivity index (χ1v) is 5.84. The topological polar surface area (TPSA) is 37.3 Å². The molecule has 0 saturated carbocycles. The lowest BCUT2D eigenvalue weighted by Gasteiger charge is -2.25. The molecule has 2 nitrogen and oxygen atoms in total. The molecular weight excluding hydrogens is 212 g/mol. The molecule has 1 aliphatic carbocycles. The van der Waals surface area contributed by atoms with Gasteiger partial charge in [-0.05, 0) is 30.6 Å². The molecule has 1 aliphatic rings. The molecule has 88 valence electrons. The van der Waals surface area contributed by atoms with Crippen LogP contribution in [-0.4, -0.2) is 16.5 Å². The lowest BCUT2D eigenvalue weighted by Crippen LogP contribution is -2.29. The highest BCUT2D eigenvalue weighted by Crippen LogP contribution is 2.24. The van der Waals surface area contributed by atoms with Gasteiger partial charge in [-0.1, -0.05) is 42.5 Å². The summed E-state index contributed by atoms with van der Waals surface area (Å²) < 4.78 is 0. The number of carbonyl (C=O) groups excluding carboxylic acids is 1. The Morgan fingerprint density at radius 1 is 1.29 bits per heavy atom. The zero-order valence-electron chi connectivity index (χ0n) is 9.67. The highest BCUT2D eigenvalue weighted by molar-refractivity contribution is 5.90. The molecule has 0 aromatic heterocycles. The average Bonchev–Trinajstić information content (AvgIpc) is 2.35. The van der Waals surface area contributed by atoms with E-state index in [9.17, 15) is 9.90 Å². The van der Waals surface area contributed by atoms with Crippen molar-refractivity contribution in [2.75, 3.05) is 0 Å². The normalized spacial score (nSPS) is 24.4. The van der Waals surface area contributed by atoms with Gasteiger partial charge in [0.25, 0.3) is 0 Å². The molecule has 1 N–H and O–H groups in total. The predicted octanol–water partition coefficient (Wildman–Crippen LogP) is 2.74. The number of ketones is 1. The van der Waals surface area contributed by atoms with Gasteiger partial charge >= 0.3 is 0 Å². The second-order valence-electron chi connectivity index (χ2n) is 4.42. The molecule has 0 saturated heterocycles. The zero-order valence-corrected chi connectivity index (χ0v) is 9.67. The van der Waals surface area contributed by atoms with Crippen molar-refractivity contribution in [3.05, 3.63) is 54.1 Å². The third-order valence-corrected chi connectivity index (χ3v) is 2.96. The number of carbonyl (C=O) groups is 1. The van der Waals surface area contributed by atoms with Crippen molar-refractivity contribution in [3.63, 3.8) is 0 Å². The van der Waals surface area contributed by atoms with Crippen LogP contribution in [0.3, 0.4) is 0 Å². The maximum atomic E-state index is 11.0. The van der Waals surface area contributed by atoms with Crippen molar-refractivity contribution >= 4 is 11.9 Å². The third-order valence-electron chi connectivity index (χ3n) is 2.96. The van der Waals surface area contributed by atoms with E-state index >= 15 is 0 Å². The number of allylic oxidation sites excluding steroid dienone is 1. The maximum Gasteiger partial charge on any atom is 0.155 e. The zero-order chi connectivity index (χ0) is 12.1. The van der Waals surface area contributed by atoms with Crippen LogP contribution >= 0.6 is 0 Å². The van der Waals surface area contributed by atoms with E-state index < -0.39 is 5.60 Å². The molecule has 2 heteroatoms. The second-order valence-corrected chi connectivity index (χ2v) is 4.42. The standard InChI is InChI=1S/C15H16O2/c16-14-8-11-15(17,12-9-14)10-4-7-13-5-2-1-3-6-13/h1-8,11,17H,9-10,12H2/t15-/m1/s1. The van der Waals surface area contributed by atoms with Crippen LogP contribution in [0.2, 0.25) is 0 Å². The van der Waals surface area contributed by atoms with Crippen LogP contribution in [-0.2, 0) is 4.79 Å². The van der Waals surface area contributed by atoms with Crippen LogP contribution in [0, 0.1) is 0 Å². The van der Waals surface area contributed by atoms with Gasteiger partial charge in [0, 0.05) is 6.42 Å². The van der Waals surface area contributed by atoms with Crippen LogP contribution in [0.15, 0.2) is 48.6 Å². The van der Waals surface area contributed by atoms with Crippen molar-refractivity contribution in [2.45, 2.75) is 24.9 Å². The molecule has 1 aromatic rings. The van der Waals surface area contributed by atoms with E-state index in [-0.39, 0.29) is 5.78 Å². The molecule has 0 unspecified atom stereocenters. The van der Waals surface area contributed by atoms with Gasteiger partial charge in [-0.15, -0.1) is 0 Å². The molecule has 0 heterocycles. The molecule has 1 atom stereocenters. The van der Waals surface area contributed by atoms with Crippen LogP contribution in [0.1, 0.15) is 24.8 Å². The van der Waals surface area contributed by atoms with Crippen LogP contribution in [0.5, 0.6) is 0 Å². The highest BCUT2D eigenvalue weighted by atomic mass is 16.3. The summed E-state index contributed by atoms with van der Waals surface area (Å²) in [6, 6.07) is 9.96. The summed E-state index contributed by atoms with van der Waals surface area (Å²) in [5, 5.41) is 10.2. The SMILES string of the molecule is O=C1C=C[C@](O)(CC=Cc2ccccc2)CC1. The summed E-state index contributed by atoms with van der Waals surface area (Å²) >= 11 is 0. The Kier molecular flexibility index (Phi) is 3.55. The van der Waals surface area contributed by atoms with E-state index in [1.807, 2.05) is 42.5 Å². The van der Waals surface area contributed by atoms with E-state index in [0.29, 0.717) is 19.3 Å². The smallest absolute Gasteiger partial charge is 0.155 e. The number of hydrogen-bond acceptors (Lipinski definition) is 2. The molecular formula is C15H16O2. The summed E-state index contributed by atoms with van der Waals surface area (Å²) in [4.78, 5) is 11.0. The molecule has 0 spiro atoms. The van der Waals surface area contributed by atoms with Gasteiger partial charge in [0.1, 0.15) is 0 Å². The predicted molar refractivity (Wildman–Crippen MR) is 68.4 cm³/mol. The summed E-state index contributed by atoms with van der Waals surface area (Å²) in [6.07, 6.45) is 8.55. The van der Waals surface area contributed by atoms with Gasteiger partial charge in [0.15, 0.2) is 5.78 Å². The monoisotopic (exact) mass is 228 g/mol. The van der Waals surface area contributed by atoms with E-state index in [1.165, 1.54) is 6.08 Å². The van der Waals surface area contributed by atoms with E-state index in [0.717, 1.165) is 5.56 Å². The first kappa shape index (κ1) is 11.8. The molecule has 17 heavy (non-hydrogen) atoms. The fourth-order valence-corrected chi connectivity index (χ4v) is 1.89. The number of hydrogen-bond donors (Lipinski definition) is 1. The van der Waals surface area contributed by atoms with Crippen LogP contribution in [0.25, 0.3) is 6.08 Å². The summed E-state index contributed by atoms with van der Waals surface area (Å²) in [6.45, 7) is 0.